The van der Waals surface area contributed by atoms with E-state index >= 15 is 0 Å². The van der Waals surface area contributed by atoms with E-state index < -0.39 is 0 Å². The summed E-state index contributed by atoms with van der Waals surface area (Å²) in [5.74, 6) is 0. The van der Waals surface area contributed by atoms with Crippen LogP contribution in [-0.4, -0.2) is 8.96 Å². The van der Waals surface area contributed by atoms with Crippen LogP contribution in [0.3, 0.4) is 0 Å². The highest BCUT2D eigenvalue weighted by molar-refractivity contribution is 6.58. The number of rotatable bonds is 0. The van der Waals surface area contributed by atoms with Crippen molar-refractivity contribution >= 4 is 8.96 Å². The fraction of sp³-hybridized carbons (Fsp3) is 1.00. The SMILES string of the molecule is N[Si]1CCC1. The number of hydrogen-bond acceptors (Lipinski definition) is 1. The van der Waals surface area contributed by atoms with E-state index in [1.807, 2.05) is 0 Å². The summed E-state index contributed by atoms with van der Waals surface area (Å²) >= 11 is 0. The van der Waals surface area contributed by atoms with Crippen LogP contribution in [0.15, 0.2) is 0 Å². The smallest absolute Gasteiger partial charge is 0.130 e. The lowest BCUT2D eigenvalue weighted by atomic mass is 10.5. The lowest BCUT2D eigenvalue weighted by Crippen LogP contribution is -2.31. The van der Waals surface area contributed by atoms with Crippen LogP contribution in [0.25, 0.3) is 0 Å². The molecule has 0 aliphatic carbocycles. The largest absolute Gasteiger partial charge is 0.352 e. The summed E-state index contributed by atoms with van der Waals surface area (Å²) < 4.78 is 0. The second kappa shape index (κ2) is 1.10. The van der Waals surface area contributed by atoms with Gasteiger partial charge in [0.25, 0.3) is 0 Å². The molecule has 1 saturated heterocycles. The molecule has 0 atom stereocenters. The Kier molecular flexibility index (Phi) is 0.745. The van der Waals surface area contributed by atoms with Crippen molar-refractivity contribution in [2.45, 2.75) is 18.5 Å². The third kappa shape index (κ3) is 0.519. The van der Waals surface area contributed by atoms with E-state index in [9.17, 15) is 0 Å². The molecule has 1 fully saturated rings. The topological polar surface area (TPSA) is 26.0 Å². The van der Waals surface area contributed by atoms with Crippen molar-refractivity contribution < 1.29 is 0 Å². The summed E-state index contributed by atoms with van der Waals surface area (Å²) in [6, 6.07) is 2.73. The molecule has 0 aromatic rings. The standard InChI is InChI=1S/C3H8NSi/c4-5-2-1-3-5/h1-4H2. The molecule has 2 heteroatoms. The van der Waals surface area contributed by atoms with E-state index in [0.29, 0.717) is 0 Å². The van der Waals surface area contributed by atoms with Gasteiger partial charge in [0.1, 0.15) is 8.96 Å². The first-order valence-electron chi connectivity index (χ1n) is 2.00. The van der Waals surface area contributed by atoms with E-state index in [1.54, 1.807) is 0 Å². The van der Waals surface area contributed by atoms with Gasteiger partial charge in [0.15, 0.2) is 0 Å². The van der Waals surface area contributed by atoms with Gasteiger partial charge < -0.3 is 5.40 Å². The van der Waals surface area contributed by atoms with Crippen molar-refractivity contribution in [3.8, 4) is 0 Å². The summed E-state index contributed by atoms with van der Waals surface area (Å²) in [5.41, 5.74) is 0. The van der Waals surface area contributed by atoms with E-state index in [2.05, 4.69) is 0 Å². The molecule has 0 aromatic heterocycles. The van der Waals surface area contributed by atoms with E-state index in [0.717, 1.165) is 0 Å². The molecule has 0 saturated carbocycles. The van der Waals surface area contributed by atoms with Crippen LogP contribution in [0.5, 0.6) is 0 Å². The molecule has 0 spiro atoms. The molecule has 0 amide bonds. The van der Waals surface area contributed by atoms with Crippen molar-refractivity contribution in [1.82, 2.24) is 0 Å². The Labute approximate surface area is 33.9 Å². The van der Waals surface area contributed by atoms with Crippen LogP contribution in [0.1, 0.15) is 6.42 Å². The highest BCUT2D eigenvalue weighted by atomic mass is 28.3. The van der Waals surface area contributed by atoms with Crippen molar-refractivity contribution in [3.05, 3.63) is 0 Å². The lowest BCUT2D eigenvalue weighted by Gasteiger charge is -2.15. The van der Waals surface area contributed by atoms with Crippen LogP contribution >= 0.6 is 0 Å². The molecule has 1 heterocycles. The van der Waals surface area contributed by atoms with Gasteiger partial charge in [0.2, 0.25) is 0 Å². The highest BCUT2D eigenvalue weighted by Crippen LogP contribution is 2.13. The third-order valence-electron chi connectivity index (χ3n) is 0.996. The van der Waals surface area contributed by atoms with Gasteiger partial charge in [-0.25, -0.2) is 0 Å². The second-order valence-corrected chi connectivity index (χ2v) is 3.83. The Morgan fingerprint density at radius 3 is 1.80 bits per heavy atom. The first-order chi connectivity index (χ1) is 2.39. The summed E-state index contributed by atoms with van der Waals surface area (Å²) in [4.78, 5) is 0. The zero-order valence-electron chi connectivity index (χ0n) is 3.20. The monoisotopic (exact) mass is 86.0 g/mol. The predicted octanol–water partition coefficient (Wildman–Crippen LogP) is 0.340. The van der Waals surface area contributed by atoms with Crippen LogP contribution < -0.4 is 5.40 Å². The van der Waals surface area contributed by atoms with Crippen molar-refractivity contribution in [2.75, 3.05) is 0 Å². The number of hydrogen-bond donors (Lipinski definition) is 1. The zero-order chi connectivity index (χ0) is 3.70. The van der Waals surface area contributed by atoms with E-state index in [-0.39, 0.29) is 8.96 Å². The molecular formula is C3H8NSi. The normalized spacial score (nSPS) is 25.8. The maximum absolute atomic E-state index is 5.48. The Morgan fingerprint density at radius 1 is 1.40 bits per heavy atom. The zero-order valence-corrected chi connectivity index (χ0v) is 4.20. The van der Waals surface area contributed by atoms with Gasteiger partial charge in [-0.05, 0) is 12.1 Å². The van der Waals surface area contributed by atoms with Crippen LogP contribution in [0.2, 0.25) is 12.1 Å². The maximum atomic E-state index is 5.48. The fourth-order valence-electron chi connectivity index (χ4n) is 0.381. The van der Waals surface area contributed by atoms with Gasteiger partial charge >= 0.3 is 0 Å². The lowest BCUT2D eigenvalue weighted by molar-refractivity contribution is 0.931. The van der Waals surface area contributed by atoms with Crippen molar-refractivity contribution in [3.63, 3.8) is 0 Å². The van der Waals surface area contributed by atoms with Crippen molar-refractivity contribution in [1.29, 1.82) is 0 Å². The molecule has 1 aliphatic heterocycles. The van der Waals surface area contributed by atoms with Gasteiger partial charge in [-0.15, -0.1) is 0 Å². The molecule has 5 heavy (non-hydrogen) atoms. The molecule has 1 aliphatic rings. The molecule has 0 unspecified atom stereocenters. The molecule has 29 valence electrons. The third-order valence-corrected chi connectivity index (χ3v) is 2.99. The first kappa shape index (κ1) is 3.37. The molecule has 2 N–H and O–H groups in total. The Morgan fingerprint density at radius 2 is 1.80 bits per heavy atom. The van der Waals surface area contributed by atoms with Crippen LogP contribution in [-0.2, 0) is 0 Å². The summed E-state index contributed by atoms with van der Waals surface area (Å²) in [6.45, 7) is 0. The Hall–Kier alpha value is 0.177. The molecular weight excluding hydrogens is 78.1 g/mol. The second-order valence-electron chi connectivity index (χ2n) is 1.51. The molecule has 1 rings (SSSR count). The molecule has 0 bridgehead atoms. The molecule has 1 radical (unpaired) electrons. The van der Waals surface area contributed by atoms with Gasteiger partial charge in [-0.2, -0.15) is 0 Å². The molecule has 0 aromatic carbocycles. The quantitative estimate of drug-likeness (QED) is 0.423. The summed E-state index contributed by atoms with van der Waals surface area (Å²) in [7, 11) is -0.193. The predicted molar refractivity (Wildman–Crippen MR) is 24.2 cm³/mol. The summed E-state index contributed by atoms with van der Waals surface area (Å²) in [6.07, 6.45) is 1.41. The average Bonchev–Trinajstić information content (AvgIpc) is 1.30. The van der Waals surface area contributed by atoms with E-state index in [4.69, 9.17) is 5.40 Å². The minimum absolute atomic E-state index is 0.193. The van der Waals surface area contributed by atoms with Crippen LogP contribution in [0, 0.1) is 0 Å². The fourth-order valence-corrected chi connectivity index (χ4v) is 1.14. The number of nitrogens with two attached hydrogens (primary N) is 1. The minimum atomic E-state index is -0.193. The average molecular weight is 86.2 g/mol. The highest BCUT2D eigenvalue weighted by Gasteiger charge is 2.13. The van der Waals surface area contributed by atoms with Gasteiger partial charge in [-0.1, -0.05) is 6.42 Å². The van der Waals surface area contributed by atoms with Gasteiger partial charge in [0.05, 0.1) is 0 Å². The van der Waals surface area contributed by atoms with Gasteiger partial charge in [-0.3, -0.25) is 0 Å². The van der Waals surface area contributed by atoms with Gasteiger partial charge in [0, 0.05) is 0 Å². The summed E-state index contributed by atoms with van der Waals surface area (Å²) in [5, 5.41) is 5.48. The minimum Gasteiger partial charge on any atom is -0.352 e. The van der Waals surface area contributed by atoms with Crippen LogP contribution in [0.4, 0.5) is 0 Å². The Bertz CT molecular complexity index is 33.9. The van der Waals surface area contributed by atoms with E-state index in [1.165, 1.54) is 18.5 Å². The van der Waals surface area contributed by atoms with Crippen molar-refractivity contribution in [2.24, 2.45) is 5.40 Å². The maximum Gasteiger partial charge on any atom is 0.130 e. The molecule has 1 nitrogen and oxygen atoms in total. The first-order valence-corrected chi connectivity index (χ1v) is 3.99. The Balaban J connectivity index is 2.08.